The molecule has 3 atom stereocenters. The van der Waals surface area contributed by atoms with Crippen molar-refractivity contribution in [3.8, 4) is 0 Å². The number of hydrazine groups is 1. The summed E-state index contributed by atoms with van der Waals surface area (Å²) in [5, 5.41) is 1.39. The van der Waals surface area contributed by atoms with Crippen molar-refractivity contribution in [2.75, 3.05) is 18.1 Å². The normalized spacial score (nSPS) is 27.5. The maximum atomic E-state index is 12.8. The number of ether oxygens (including phenoxy) is 1. The Labute approximate surface area is 141 Å². The van der Waals surface area contributed by atoms with Gasteiger partial charge in [-0.3, -0.25) is 15.0 Å². The van der Waals surface area contributed by atoms with E-state index in [0.29, 0.717) is 18.8 Å². The molecular formula is C17H22N4O3. The third-order valence-electron chi connectivity index (χ3n) is 4.04. The van der Waals surface area contributed by atoms with Crippen LogP contribution in [0.15, 0.2) is 35.3 Å². The average Bonchev–Trinajstić information content (AvgIpc) is 2.56. The van der Waals surface area contributed by atoms with Gasteiger partial charge in [0, 0.05) is 13.1 Å². The van der Waals surface area contributed by atoms with Gasteiger partial charge in [0.1, 0.15) is 6.04 Å². The molecule has 24 heavy (non-hydrogen) atoms. The lowest BCUT2D eigenvalue weighted by atomic mass is 10.2. The predicted molar refractivity (Wildman–Crippen MR) is 90.5 cm³/mol. The number of amides is 2. The van der Waals surface area contributed by atoms with Gasteiger partial charge in [-0.1, -0.05) is 18.2 Å². The van der Waals surface area contributed by atoms with Crippen LogP contribution in [0, 0.1) is 0 Å². The van der Waals surface area contributed by atoms with Crippen molar-refractivity contribution >= 4 is 23.3 Å². The number of carbonyl (C=O) groups excluding carboxylic acids is 2. The number of benzene rings is 1. The molecule has 1 fully saturated rings. The minimum Gasteiger partial charge on any atom is -0.372 e. The lowest BCUT2D eigenvalue weighted by molar-refractivity contribution is -0.136. The first-order chi connectivity index (χ1) is 11.5. The fraction of sp³-hybridized carbons (Fsp3) is 0.471. The molecule has 0 spiro atoms. The number of para-hydroxylation sites is 1. The molecule has 0 unspecified atom stereocenters. The van der Waals surface area contributed by atoms with Crippen molar-refractivity contribution < 1.29 is 14.3 Å². The fourth-order valence-corrected chi connectivity index (χ4v) is 2.99. The second-order valence-electron chi connectivity index (χ2n) is 6.24. The quantitative estimate of drug-likeness (QED) is 0.876. The number of nitrogens with one attached hydrogen (secondary N) is 1. The van der Waals surface area contributed by atoms with E-state index in [9.17, 15) is 9.59 Å². The summed E-state index contributed by atoms with van der Waals surface area (Å²) in [5.74, 6) is -0.217. The lowest BCUT2D eigenvalue weighted by Gasteiger charge is -2.37. The number of nitrogens with zero attached hydrogens (tertiary/aromatic N) is 3. The van der Waals surface area contributed by atoms with Gasteiger partial charge in [-0.25, -0.2) is 10.0 Å². The number of anilines is 1. The molecule has 0 radical (unpaired) electrons. The summed E-state index contributed by atoms with van der Waals surface area (Å²) >= 11 is 0. The van der Waals surface area contributed by atoms with Gasteiger partial charge in [0.2, 0.25) is 5.84 Å². The van der Waals surface area contributed by atoms with Gasteiger partial charge in [0.05, 0.1) is 17.9 Å². The van der Waals surface area contributed by atoms with E-state index < -0.39 is 6.04 Å². The van der Waals surface area contributed by atoms with E-state index in [2.05, 4.69) is 10.4 Å². The van der Waals surface area contributed by atoms with Crippen molar-refractivity contribution in [2.45, 2.75) is 39.0 Å². The highest BCUT2D eigenvalue weighted by atomic mass is 16.5. The predicted octanol–water partition coefficient (Wildman–Crippen LogP) is 0.961. The molecule has 7 nitrogen and oxygen atoms in total. The standard InChI is InChI=1S/C17H22N4O3/c1-11-9-20(10-12(2)24-11)17(23)15-18-13(3)16(22)21(19-15)14-7-5-4-6-8-14/h4-8,11-13H,9-10H2,1-3H3,(H,18,19)/t11-,12+,13-/m0/s1. The zero-order valence-corrected chi connectivity index (χ0v) is 14.1. The Bertz CT molecular complexity index is 651. The number of carbonyl (C=O) groups is 2. The van der Waals surface area contributed by atoms with E-state index in [1.54, 1.807) is 11.8 Å². The first-order valence-corrected chi connectivity index (χ1v) is 8.14. The number of aliphatic imine (C=N–C) groups is 1. The zero-order chi connectivity index (χ0) is 17.3. The van der Waals surface area contributed by atoms with Gasteiger partial charge in [-0.05, 0) is 32.9 Å². The molecule has 1 aromatic carbocycles. The SMILES string of the molecule is C[C@@H]1CN(C(=O)C2=N[C@@H](C)C(=O)N(c3ccccc3)N2)C[C@H](C)O1. The Balaban J connectivity index is 1.81. The molecular weight excluding hydrogens is 308 g/mol. The summed E-state index contributed by atoms with van der Waals surface area (Å²) in [6.07, 6.45) is -0.0441. The molecule has 0 saturated carbocycles. The molecule has 128 valence electrons. The van der Waals surface area contributed by atoms with Gasteiger partial charge in [-0.2, -0.15) is 0 Å². The Morgan fingerprint density at radius 1 is 1.17 bits per heavy atom. The highest BCUT2D eigenvalue weighted by Gasteiger charge is 2.34. The van der Waals surface area contributed by atoms with E-state index in [1.165, 1.54) is 5.01 Å². The first-order valence-electron chi connectivity index (χ1n) is 8.14. The molecule has 2 aliphatic rings. The van der Waals surface area contributed by atoms with Crippen LogP contribution in [0.25, 0.3) is 0 Å². The van der Waals surface area contributed by atoms with Gasteiger partial charge >= 0.3 is 0 Å². The summed E-state index contributed by atoms with van der Waals surface area (Å²) in [4.78, 5) is 31.2. The van der Waals surface area contributed by atoms with E-state index >= 15 is 0 Å². The van der Waals surface area contributed by atoms with Gasteiger partial charge in [0.15, 0.2) is 0 Å². The number of hydrogen-bond donors (Lipinski definition) is 1. The Hall–Kier alpha value is -2.41. The molecule has 2 amide bonds. The molecule has 0 bridgehead atoms. The second-order valence-corrected chi connectivity index (χ2v) is 6.24. The second kappa shape index (κ2) is 6.60. The van der Waals surface area contributed by atoms with Crippen LogP contribution >= 0.6 is 0 Å². The number of morpholine rings is 1. The van der Waals surface area contributed by atoms with Crippen LogP contribution in [0.3, 0.4) is 0 Å². The van der Waals surface area contributed by atoms with Gasteiger partial charge in [-0.15, -0.1) is 0 Å². The van der Waals surface area contributed by atoms with Crippen LogP contribution in [0.4, 0.5) is 5.69 Å². The van der Waals surface area contributed by atoms with Crippen molar-refractivity contribution in [2.24, 2.45) is 4.99 Å². The van der Waals surface area contributed by atoms with Crippen molar-refractivity contribution in [3.63, 3.8) is 0 Å². The third kappa shape index (κ3) is 3.26. The maximum absolute atomic E-state index is 12.8. The summed E-state index contributed by atoms with van der Waals surface area (Å²) in [6, 6.07) is 8.56. The smallest absolute Gasteiger partial charge is 0.290 e. The third-order valence-corrected chi connectivity index (χ3v) is 4.04. The monoisotopic (exact) mass is 330 g/mol. The van der Waals surface area contributed by atoms with Crippen molar-refractivity contribution in [3.05, 3.63) is 30.3 Å². The van der Waals surface area contributed by atoms with Crippen LogP contribution in [-0.2, 0) is 14.3 Å². The molecule has 3 rings (SSSR count). The van der Waals surface area contributed by atoms with Crippen LogP contribution in [0.5, 0.6) is 0 Å². The van der Waals surface area contributed by atoms with E-state index in [1.807, 2.05) is 44.2 Å². The van der Waals surface area contributed by atoms with E-state index in [0.717, 1.165) is 0 Å². The van der Waals surface area contributed by atoms with Crippen LogP contribution in [-0.4, -0.2) is 53.9 Å². The molecule has 2 heterocycles. The Morgan fingerprint density at radius 3 is 2.42 bits per heavy atom. The molecule has 7 heteroatoms. The van der Waals surface area contributed by atoms with Gasteiger partial charge < -0.3 is 9.64 Å². The van der Waals surface area contributed by atoms with Gasteiger partial charge in [0.25, 0.3) is 11.8 Å². The highest BCUT2D eigenvalue weighted by Crippen LogP contribution is 2.17. The maximum Gasteiger partial charge on any atom is 0.290 e. The largest absolute Gasteiger partial charge is 0.372 e. The summed E-state index contributed by atoms with van der Waals surface area (Å²) < 4.78 is 5.66. The van der Waals surface area contributed by atoms with E-state index in [4.69, 9.17) is 4.74 Å². The molecule has 1 N–H and O–H groups in total. The van der Waals surface area contributed by atoms with Crippen LogP contribution in [0.1, 0.15) is 20.8 Å². The van der Waals surface area contributed by atoms with E-state index in [-0.39, 0.29) is 29.9 Å². The number of hydrogen-bond acceptors (Lipinski definition) is 5. The van der Waals surface area contributed by atoms with Crippen LogP contribution < -0.4 is 10.4 Å². The molecule has 1 saturated heterocycles. The molecule has 0 aromatic heterocycles. The Kier molecular flexibility index (Phi) is 4.53. The lowest BCUT2D eigenvalue weighted by Crippen LogP contribution is -2.60. The summed E-state index contributed by atoms with van der Waals surface area (Å²) in [6.45, 7) is 6.59. The van der Waals surface area contributed by atoms with Crippen molar-refractivity contribution in [1.82, 2.24) is 10.3 Å². The minimum atomic E-state index is -0.610. The minimum absolute atomic E-state index is 0.0221. The Morgan fingerprint density at radius 2 is 1.79 bits per heavy atom. The van der Waals surface area contributed by atoms with Crippen molar-refractivity contribution in [1.29, 1.82) is 0 Å². The summed E-state index contributed by atoms with van der Waals surface area (Å²) in [5.41, 5.74) is 3.56. The molecule has 2 aliphatic heterocycles. The van der Waals surface area contributed by atoms with Crippen LogP contribution in [0.2, 0.25) is 0 Å². The zero-order valence-electron chi connectivity index (χ0n) is 14.1. The molecule has 0 aliphatic carbocycles. The molecule has 1 aromatic rings. The first kappa shape index (κ1) is 16.4. The summed E-state index contributed by atoms with van der Waals surface area (Å²) in [7, 11) is 0. The topological polar surface area (TPSA) is 74.2 Å². The number of rotatable bonds is 2. The fourth-order valence-electron chi connectivity index (χ4n) is 2.99. The highest BCUT2D eigenvalue weighted by molar-refractivity contribution is 6.39. The average molecular weight is 330 g/mol. The number of amidine groups is 1.